The van der Waals surface area contributed by atoms with Crippen molar-refractivity contribution in [2.24, 2.45) is 0 Å². The fourth-order valence-electron chi connectivity index (χ4n) is 4.45. The van der Waals surface area contributed by atoms with Gasteiger partial charge in [-0.1, -0.05) is 18.9 Å². The number of benzene rings is 2. The predicted octanol–water partition coefficient (Wildman–Crippen LogP) is 2.68. The number of aromatic nitrogens is 4. The highest BCUT2D eigenvalue weighted by Gasteiger charge is 2.29. The van der Waals surface area contributed by atoms with Gasteiger partial charge in [-0.05, 0) is 66.9 Å². The van der Waals surface area contributed by atoms with Gasteiger partial charge in [0.05, 0.1) is 0 Å². The second-order valence-corrected chi connectivity index (χ2v) is 9.03. The molecule has 3 aromatic rings. The van der Waals surface area contributed by atoms with Crippen molar-refractivity contribution < 1.29 is 23.5 Å². The number of carbonyl (C=O) groups is 2. The average molecular weight is 495 g/mol. The third-order valence-corrected chi connectivity index (χ3v) is 6.49. The van der Waals surface area contributed by atoms with Gasteiger partial charge in [-0.2, -0.15) is 4.80 Å². The van der Waals surface area contributed by atoms with Crippen molar-refractivity contribution in [3.05, 3.63) is 53.8 Å². The highest BCUT2D eigenvalue weighted by atomic mass is 19.1. The molecule has 36 heavy (non-hydrogen) atoms. The Bertz CT molecular complexity index is 1240. The average Bonchev–Trinajstić information content (AvgIpc) is 3.64. The Balaban J connectivity index is 1.33. The number of fused-ring (bicyclic) bond motifs is 1. The molecule has 2 amide bonds. The molecule has 1 saturated carbocycles. The molecule has 2 heterocycles. The summed E-state index contributed by atoms with van der Waals surface area (Å²) >= 11 is 0. The highest BCUT2D eigenvalue weighted by Crippen LogP contribution is 2.33. The minimum atomic E-state index is -0.719. The van der Waals surface area contributed by atoms with Crippen molar-refractivity contribution in [3.63, 3.8) is 0 Å². The number of rotatable bonds is 8. The Morgan fingerprint density at radius 3 is 2.67 bits per heavy atom. The maximum absolute atomic E-state index is 13.4. The van der Waals surface area contributed by atoms with Crippen LogP contribution in [0.3, 0.4) is 0 Å². The zero-order valence-corrected chi connectivity index (χ0v) is 19.9. The topological polar surface area (TPSA) is 111 Å². The van der Waals surface area contributed by atoms with Gasteiger partial charge in [0.2, 0.25) is 24.4 Å². The summed E-state index contributed by atoms with van der Waals surface area (Å²) in [6.07, 6.45) is 4.08. The van der Waals surface area contributed by atoms with E-state index in [1.54, 1.807) is 25.1 Å². The number of halogens is 1. The van der Waals surface area contributed by atoms with E-state index in [9.17, 15) is 14.0 Å². The van der Waals surface area contributed by atoms with E-state index in [2.05, 4.69) is 20.7 Å². The number of nitrogens with one attached hydrogen (secondary N) is 1. The van der Waals surface area contributed by atoms with Crippen LogP contribution in [0.2, 0.25) is 0 Å². The molecule has 188 valence electrons. The smallest absolute Gasteiger partial charge is 0.247 e. The van der Waals surface area contributed by atoms with E-state index in [-0.39, 0.29) is 49.4 Å². The minimum absolute atomic E-state index is 0.137. The van der Waals surface area contributed by atoms with E-state index in [1.807, 2.05) is 12.1 Å². The predicted molar refractivity (Wildman–Crippen MR) is 126 cm³/mol. The van der Waals surface area contributed by atoms with Crippen LogP contribution in [0.15, 0.2) is 42.5 Å². The number of nitrogens with zero attached hydrogens (tertiary/aromatic N) is 5. The molecule has 11 heteroatoms. The maximum atomic E-state index is 13.4. The van der Waals surface area contributed by atoms with Gasteiger partial charge in [0.1, 0.15) is 18.4 Å². The molecule has 5 rings (SSSR count). The largest absolute Gasteiger partial charge is 0.454 e. The molecular formula is C25H27FN6O4. The molecular weight excluding hydrogens is 467 g/mol. The molecule has 0 radical (unpaired) electrons. The molecule has 0 unspecified atom stereocenters. The van der Waals surface area contributed by atoms with Crippen molar-refractivity contribution in [3.8, 4) is 22.9 Å². The summed E-state index contributed by atoms with van der Waals surface area (Å²) in [5.74, 6) is 0.607. The third-order valence-electron chi connectivity index (χ3n) is 6.49. The molecule has 2 aromatic carbocycles. The van der Waals surface area contributed by atoms with Crippen LogP contribution in [0.5, 0.6) is 11.5 Å². The van der Waals surface area contributed by atoms with Crippen molar-refractivity contribution in [2.75, 3.05) is 6.79 Å². The van der Waals surface area contributed by atoms with Gasteiger partial charge in [0.15, 0.2) is 11.5 Å². The van der Waals surface area contributed by atoms with Crippen molar-refractivity contribution in [2.45, 2.75) is 57.8 Å². The van der Waals surface area contributed by atoms with E-state index in [0.717, 1.165) is 31.2 Å². The van der Waals surface area contributed by atoms with Gasteiger partial charge in [-0.3, -0.25) is 9.59 Å². The van der Waals surface area contributed by atoms with Crippen LogP contribution < -0.4 is 14.8 Å². The molecule has 0 saturated heterocycles. The lowest BCUT2D eigenvalue weighted by molar-refractivity contribution is -0.141. The summed E-state index contributed by atoms with van der Waals surface area (Å²) in [6, 6.07) is 10.6. The molecule has 1 aliphatic carbocycles. The van der Waals surface area contributed by atoms with E-state index in [1.165, 1.54) is 21.8 Å². The van der Waals surface area contributed by atoms with Crippen molar-refractivity contribution in [1.29, 1.82) is 0 Å². The summed E-state index contributed by atoms with van der Waals surface area (Å²) in [4.78, 5) is 29.2. The second kappa shape index (κ2) is 10.3. The molecule has 2 aliphatic rings. The molecule has 1 aliphatic heterocycles. The number of hydrogen-bond donors (Lipinski definition) is 1. The van der Waals surface area contributed by atoms with Gasteiger partial charge in [-0.15, -0.1) is 10.2 Å². The second-order valence-electron chi connectivity index (χ2n) is 9.03. The number of tetrazole rings is 1. The van der Waals surface area contributed by atoms with Crippen molar-refractivity contribution >= 4 is 11.8 Å². The summed E-state index contributed by atoms with van der Waals surface area (Å²) in [6.45, 7) is 1.85. The SMILES string of the molecule is C[C@H](C(=O)NC1CCCC1)N(Cc1ccc2c(c1)OCO2)C(=O)Cn1nnc(-c2ccc(F)cc2)n1. The van der Waals surface area contributed by atoms with Gasteiger partial charge in [-0.25, -0.2) is 4.39 Å². The highest BCUT2D eigenvalue weighted by molar-refractivity contribution is 5.87. The summed E-state index contributed by atoms with van der Waals surface area (Å²) in [5.41, 5.74) is 1.38. The minimum Gasteiger partial charge on any atom is -0.454 e. The Morgan fingerprint density at radius 2 is 1.89 bits per heavy atom. The van der Waals surface area contributed by atoms with Gasteiger partial charge in [0.25, 0.3) is 0 Å². The summed E-state index contributed by atoms with van der Waals surface area (Å²) < 4.78 is 24.1. The molecule has 1 N–H and O–H groups in total. The number of ether oxygens (including phenoxy) is 2. The van der Waals surface area contributed by atoms with Crippen LogP contribution in [0, 0.1) is 5.82 Å². The molecule has 0 bridgehead atoms. The quantitative estimate of drug-likeness (QED) is 0.513. The first-order valence-electron chi connectivity index (χ1n) is 12.0. The van der Waals surface area contributed by atoms with Crippen LogP contribution in [0.25, 0.3) is 11.4 Å². The standard InChI is InChI=1S/C25H27FN6O4/c1-16(25(34)27-20-4-2-3-5-20)31(13-17-6-11-21-22(12-17)36-15-35-21)23(33)14-32-29-24(28-30-32)18-7-9-19(26)10-8-18/h6-12,16,20H,2-5,13-15H2,1H3,(H,27,34)/t16-/m1/s1. The molecule has 1 aromatic heterocycles. The Kier molecular flexibility index (Phi) is 6.79. The van der Waals surface area contributed by atoms with Crippen LogP contribution >= 0.6 is 0 Å². The number of amides is 2. The zero-order valence-electron chi connectivity index (χ0n) is 19.9. The lowest BCUT2D eigenvalue weighted by atomic mass is 10.1. The maximum Gasteiger partial charge on any atom is 0.247 e. The van der Waals surface area contributed by atoms with E-state index in [0.29, 0.717) is 17.1 Å². The first kappa shape index (κ1) is 23.7. The van der Waals surface area contributed by atoms with Crippen LogP contribution in [0.1, 0.15) is 38.2 Å². The summed E-state index contributed by atoms with van der Waals surface area (Å²) in [5, 5.41) is 15.3. The van der Waals surface area contributed by atoms with E-state index >= 15 is 0 Å². The molecule has 10 nitrogen and oxygen atoms in total. The Labute approximate surface area is 207 Å². The first-order chi connectivity index (χ1) is 17.5. The zero-order chi connectivity index (χ0) is 25.1. The van der Waals surface area contributed by atoms with Crippen LogP contribution in [-0.2, 0) is 22.7 Å². The summed E-state index contributed by atoms with van der Waals surface area (Å²) in [7, 11) is 0. The lowest BCUT2D eigenvalue weighted by Gasteiger charge is -2.29. The van der Waals surface area contributed by atoms with Crippen molar-refractivity contribution in [1.82, 2.24) is 30.4 Å². The van der Waals surface area contributed by atoms with Gasteiger partial charge >= 0.3 is 0 Å². The number of carbonyl (C=O) groups excluding carboxylic acids is 2. The molecule has 1 atom stereocenters. The monoisotopic (exact) mass is 494 g/mol. The third kappa shape index (κ3) is 5.29. The normalized spacial score (nSPS) is 15.6. The van der Waals surface area contributed by atoms with Crippen LogP contribution in [-0.4, -0.2) is 55.8 Å². The fraction of sp³-hybridized carbons (Fsp3) is 0.400. The van der Waals surface area contributed by atoms with E-state index in [4.69, 9.17) is 9.47 Å². The van der Waals surface area contributed by atoms with Gasteiger partial charge in [0, 0.05) is 18.2 Å². The van der Waals surface area contributed by atoms with E-state index < -0.39 is 6.04 Å². The number of hydrogen-bond acceptors (Lipinski definition) is 7. The Hall–Kier alpha value is -4.02. The Morgan fingerprint density at radius 1 is 1.14 bits per heavy atom. The van der Waals surface area contributed by atoms with Gasteiger partial charge < -0.3 is 19.7 Å². The first-order valence-corrected chi connectivity index (χ1v) is 12.0. The fourth-order valence-corrected chi connectivity index (χ4v) is 4.45. The lowest BCUT2D eigenvalue weighted by Crippen LogP contribution is -2.50. The molecule has 1 fully saturated rings. The molecule has 0 spiro atoms. The van der Waals surface area contributed by atoms with Crippen LogP contribution in [0.4, 0.5) is 4.39 Å².